The SMILES string of the molecule is COCCNCc1cc(Cl)cc(Cl)c1OCc1ccno1. The summed E-state index contributed by atoms with van der Waals surface area (Å²) in [6.45, 7) is 2.19. The Hall–Kier alpha value is -1.27. The third-order valence-electron chi connectivity index (χ3n) is 2.73. The van der Waals surface area contributed by atoms with Crippen molar-refractivity contribution in [3.8, 4) is 5.75 Å². The molecule has 0 fully saturated rings. The molecule has 1 aromatic carbocycles. The normalized spacial score (nSPS) is 10.8. The van der Waals surface area contributed by atoms with E-state index in [9.17, 15) is 0 Å². The molecule has 2 rings (SSSR count). The van der Waals surface area contributed by atoms with Gasteiger partial charge in [-0.25, -0.2) is 0 Å². The van der Waals surface area contributed by atoms with Crippen molar-refractivity contribution in [2.45, 2.75) is 13.2 Å². The Morgan fingerprint density at radius 1 is 1.33 bits per heavy atom. The van der Waals surface area contributed by atoms with Gasteiger partial charge in [-0.15, -0.1) is 0 Å². The van der Waals surface area contributed by atoms with Crippen LogP contribution in [0, 0.1) is 0 Å². The second-order valence-electron chi connectivity index (χ2n) is 4.31. The van der Waals surface area contributed by atoms with Crippen LogP contribution in [0.15, 0.2) is 28.9 Å². The number of hydrogen-bond acceptors (Lipinski definition) is 5. The highest BCUT2D eigenvalue weighted by atomic mass is 35.5. The molecule has 0 bridgehead atoms. The molecule has 0 saturated heterocycles. The van der Waals surface area contributed by atoms with Crippen LogP contribution in [-0.4, -0.2) is 25.4 Å². The van der Waals surface area contributed by atoms with Crippen LogP contribution < -0.4 is 10.1 Å². The Balaban J connectivity index is 2.06. The molecule has 0 atom stereocenters. The van der Waals surface area contributed by atoms with Crippen molar-refractivity contribution in [3.63, 3.8) is 0 Å². The van der Waals surface area contributed by atoms with E-state index in [4.69, 9.17) is 37.2 Å². The smallest absolute Gasteiger partial charge is 0.174 e. The molecule has 0 aliphatic rings. The number of ether oxygens (including phenoxy) is 2. The monoisotopic (exact) mass is 330 g/mol. The van der Waals surface area contributed by atoms with E-state index in [1.165, 1.54) is 0 Å². The molecule has 21 heavy (non-hydrogen) atoms. The molecule has 0 unspecified atom stereocenters. The highest BCUT2D eigenvalue weighted by Gasteiger charge is 2.12. The summed E-state index contributed by atoms with van der Waals surface area (Å²) in [5.41, 5.74) is 0.878. The standard InChI is InChI=1S/C14H16Cl2N2O3/c1-19-5-4-17-8-10-6-11(15)7-13(16)14(10)20-9-12-2-3-18-21-12/h2-3,6-7,17H,4-5,8-9H2,1H3. The van der Waals surface area contributed by atoms with E-state index >= 15 is 0 Å². The lowest BCUT2D eigenvalue weighted by Gasteiger charge is -2.13. The minimum atomic E-state index is 0.256. The Kier molecular flexibility index (Phi) is 6.32. The molecule has 0 amide bonds. The summed E-state index contributed by atoms with van der Waals surface area (Å²) in [4.78, 5) is 0. The molecule has 1 N–H and O–H groups in total. The number of methoxy groups -OCH3 is 1. The highest BCUT2D eigenvalue weighted by molar-refractivity contribution is 6.35. The lowest BCUT2D eigenvalue weighted by atomic mass is 10.2. The first-order chi connectivity index (χ1) is 10.2. The van der Waals surface area contributed by atoms with E-state index in [1.54, 1.807) is 25.4 Å². The molecule has 0 radical (unpaired) electrons. The lowest BCUT2D eigenvalue weighted by molar-refractivity contribution is 0.198. The maximum atomic E-state index is 6.21. The van der Waals surface area contributed by atoms with Crippen LogP contribution in [0.25, 0.3) is 0 Å². The number of nitrogens with one attached hydrogen (secondary N) is 1. The molecule has 0 aliphatic heterocycles. The van der Waals surface area contributed by atoms with Crippen LogP contribution in [0.5, 0.6) is 5.75 Å². The van der Waals surface area contributed by atoms with Crippen LogP contribution in [0.2, 0.25) is 10.0 Å². The molecular weight excluding hydrogens is 315 g/mol. The van der Waals surface area contributed by atoms with Gasteiger partial charge < -0.3 is 19.3 Å². The quantitative estimate of drug-likeness (QED) is 0.752. The molecule has 7 heteroatoms. The van der Waals surface area contributed by atoms with E-state index in [1.807, 2.05) is 6.07 Å². The van der Waals surface area contributed by atoms with Crippen molar-refractivity contribution >= 4 is 23.2 Å². The fourth-order valence-electron chi connectivity index (χ4n) is 1.76. The maximum Gasteiger partial charge on any atom is 0.174 e. The first kappa shape index (κ1) is 16.1. The zero-order valence-corrected chi connectivity index (χ0v) is 13.1. The van der Waals surface area contributed by atoms with Gasteiger partial charge in [0.1, 0.15) is 12.4 Å². The van der Waals surface area contributed by atoms with Gasteiger partial charge in [0.25, 0.3) is 0 Å². The minimum Gasteiger partial charge on any atom is -0.484 e. The van der Waals surface area contributed by atoms with Crippen molar-refractivity contribution in [2.75, 3.05) is 20.3 Å². The molecular formula is C14H16Cl2N2O3. The molecule has 1 aromatic heterocycles. The lowest BCUT2D eigenvalue weighted by Crippen LogP contribution is -2.19. The van der Waals surface area contributed by atoms with E-state index in [2.05, 4.69) is 10.5 Å². The van der Waals surface area contributed by atoms with Crippen LogP contribution in [0.4, 0.5) is 0 Å². The van der Waals surface area contributed by atoms with Gasteiger partial charge in [-0.05, 0) is 12.1 Å². The number of nitrogens with zero attached hydrogens (tertiary/aromatic N) is 1. The fraction of sp³-hybridized carbons (Fsp3) is 0.357. The Bertz CT molecular complexity index is 562. The molecule has 5 nitrogen and oxygen atoms in total. The van der Waals surface area contributed by atoms with Gasteiger partial charge in [-0.1, -0.05) is 28.4 Å². The maximum absolute atomic E-state index is 6.21. The number of benzene rings is 1. The van der Waals surface area contributed by atoms with Gasteiger partial charge in [0, 0.05) is 36.9 Å². The Labute approximate surface area is 133 Å². The van der Waals surface area contributed by atoms with Gasteiger partial charge in [0.05, 0.1) is 17.8 Å². The van der Waals surface area contributed by atoms with E-state index in [0.717, 1.165) is 12.1 Å². The zero-order valence-electron chi connectivity index (χ0n) is 11.6. The van der Waals surface area contributed by atoms with Crippen molar-refractivity contribution < 1.29 is 14.0 Å². The van der Waals surface area contributed by atoms with Crippen molar-refractivity contribution in [3.05, 3.63) is 45.8 Å². The van der Waals surface area contributed by atoms with Gasteiger partial charge >= 0.3 is 0 Å². The highest BCUT2D eigenvalue weighted by Crippen LogP contribution is 2.33. The molecule has 0 aliphatic carbocycles. The number of halogens is 2. The third-order valence-corrected chi connectivity index (χ3v) is 3.23. The fourth-order valence-corrected chi connectivity index (χ4v) is 2.35. The van der Waals surface area contributed by atoms with E-state index in [-0.39, 0.29) is 6.61 Å². The third kappa shape index (κ3) is 4.89. The van der Waals surface area contributed by atoms with Gasteiger partial charge in [-0.3, -0.25) is 0 Å². The summed E-state index contributed by atoms with van der Waals surface area (Å²) in [6, 6.07) is 5.21. The number of aromatic nitrogens is 1. The molecule has 0 saturated carbocycles. The summed E-state index contributed by atoms with van der Waals surface area (Å²) in [5.74, 6) is 1.21. The number of rotatable bonds is 8. The van der Waals surface area contributed by atoms with Gasteiger partial charge in [-0.2, -0.15) is 0 Å². The van der Waals surface area contributed by atoms with E-state index in [0.29, 0.717) is 34.7 Å². The van der Waals surface area contributed by atoms with Crippen LogP contribution in [-0.2, 0) is 17.9 Å². The predicted octanol–water partition coefficient (Wildman–Crippen LogP) is 3.30. The second kappa shape index (κ2) is 8.24. The molecule has 0 spiro atoms. The van der Waals surface area contributed by atoms with Crippen LogP contribution in [0.3, 0.4) is 0 Å². The van der Waals surface area contributed by atoms with E-state index < -0.39 is 0 Å². The second-order valence-corrected chi connectivity index (χ2v) is 5.16. The summed E-state index contributed by atoms with van der Waals surface area (Å²) in [6.07, 6.45) is 1.56. The first-order valence-corrected chi connectivity index (χ1v) is 7.16. The largest absolute Gasteiger partial charge is 0.484 e. The summed E-state index contributed by atoms with van der Waals surface area (Å²) < 4.78 is 15.7. The topological polar surface area (TPSA) is 56.5 Å². The summed E-state index contributed by atoms with van der Waals surface area (Å²) >= 11 is 12.2. The molecule has 2 aromatic rings. The summed E-state index contributed by atoms with van der Waals surface area (Å²) in [7, 11) is 1.66. The number of hydrogen-bond donors (Lipinski definition) is 1. The zero-order chi connectivity index (χ0) is 15.1. The van der Waals surface area contributed by atoms with Crippen molar-refractivity contribution in [2.24, 2.45) is 0 Å². The first-order valence-electron chi connectivity index (χ1n) is 6.40. The molecule has 114 valence electrons. The van der Waals surface area contributed by atoms with Crippen LogP contribution >= 0.6 is 23.2 Å². The predicted molar refractivity (Wildman–Crippen MR) is 80.9 cm³/mol. The average molecular weight is 331 g/mol. The Morgan fingerprint density at radius 3 is 2.90 bits per heavy atom. The minimum absolute atomic E-state index is 0.256. The van der Waals surface area contributed by atoms with Crippen molar-refractivity contribution in [1.29, 1.82) is 0 Å². The summed E-state index contributed by atoms with van der Waals surface area (Å²) in [5, 5.41) is 7.89. The van der Waals surface area contributed by atoms with Gasteiger partial charge in [0.15, 0.2) is 5.76 Å². The Morgan fingerprint density at radius 2 is 2.19 bits per heavy atom. The van der Waals surface area contributed by atoms with Gasteiger partial charge in [0.2, 0.25) is 0 Å². The van der Waals surface area contributed by atoms with Crippen LogP contribution in [0.1, 0.15) is 11.3 Å². The van der Waals surface area contributed by atoms with Crippen molar-refractivity contribution in [1.82, 2.24) is 10.5 Å². The average Bonchev–Trinajstić information content (AvgIpc) is 2.95. The molecule has 1 heterocycles.